The van der Waals surface area contributed by atoms with E-state index < -0.39 is 17.4 Å². The van der Waals surface area contributed by atoms with Crippen molar-refractivity contribution >= 4 is 11.6 Å². The molecule has 6 nitrogen and oxygen atoms in total. The number of halogens is 1. The topological polar surface area (TPSA) is 77.0 Å². The largest absolute Gasteiger partial charge is 0.424 e. The van der Waals surface area contributed by atoms with Gasteiger partial charge in [-0.1, -0.05) is 18.2 Å². The maximum Gasteiger partial charge on any atom is 0.322 e. The van der Waals surface area contributed by atoms with Crippen LogP contribution in [0.25, 0.3) is 0 Å². The molecule has 114 valence electrons. The lowest BCUT2D eigenvalue weighted by atomic mass is 10.3. The van der Waals surface area contributed by atoms with E-state index in [4.69, 9.17) is 4.74 Å². The molecule has 0 saturated carbocycles. The third kappa shape index (κ3) is 3.65. The Labute approximate surface area is 131 Å². The number of benzene rings is 1. The van der Waals surface area contributed by atoms with Gasteiger partial charge in [-0.2, -0.15) is 4.98 Å². The molecule has 23 heavy (non-hydrogen) atoms. The monoisotopic (exact) mass is 310 g/mol. The molecule has 1 aromatic carbocycles. The van der Waals surface area contributed by atoms with Crippen molar-refractivity contribution in [3.63, 3.8) is 0 Å². The van der Waals surface area contributed by atoms with Crippen molar-refractivity contribution in [2.24, 2.45) is 0 Å². The van der Waals surface area contributed by atoms with Crippen LogP contribution in [0, 0.1) is 5.82 Å². The SMILES string of the molecule is O=C(Nc1ccncc1)c1nc(Oc2ccccc2)ncc1F. The van der Waals surface area contributed by atoms with E-state index in [9.17, 15) is 9.18 Å². The smallest absolute Gasteiger partial charge is 0.322 e. The number of ether oxygens (including phenoxy) is 1. The molecular weight excluding hydrogens is 299 g/mol. The van der Waals surface area contributed by atoms with Gasteiger partial charge in [0.25, 0.3) is 5.91 Å². The Morgan fingerprint density at radius 2 is 1.83 bits per heavy atom. The number of rotatable bonds is 4. The Balaban J connectivity index is 1.81. The molecule has 1 N–H and O–H groups in total. The molecule has 7 heteroatoms. The van der Waals surface area contributed by atoms with Crippen molar-refractivity contribution in [1.82, 2.24) is 15.0 Å². The highest BCUT2D eigenvalue weighted by atomic mass is 19.1. The average molecular weight is 310 g/mol. The highest BCUT2D eigenvalue weighted by Crippen LogP contribution is 2.18. The average Bonchev–Trinajstić information content (AvgIpc) is 2.58. The first kappa shape index (κ1) is 14.6. The molecule has 1 amide bonds. The maximum atomic E-state index is 13.8. The van der Waals surface area contributed by atoms with Crippen LogP contribution in [-0.2, 0) is 0 Å². The van der Waals surface area contributed by atoms with E-state index in [0.29, 0.717) is 11.4 Å². The van der Waals surface area contributed by atoms with Gasteiger partial charge in [-0.25, -0.2) is 9.37 Å². The molecule has 2 heterocycles. The Morgan fingerprint density at radius 1 is 1.09 bits per heavy atom. The van der Waals surface area contributed by atoms with Crippen molar-refractivity contribution < 1.29 is 13.9 Å². The molecular formula is C16H11FN4O2. The van der Waals surface area contributed by atoms with Crippen molar-refractivity contribution in [3.8, 4) is 11.8 Å². The number of carbonyl (C=O) groups excluding carboxylic acids is 1. The highest BCUT2D eigenvalue weighted by Gasteiger charge is 2.16. The molecule has 3 aromatic rings. The molecule has 2 aromatic heterocycles. The molecule has 0 atom stereocenters. The van der Waals surface area contributed by atoms with Crippen LogP contribution in [0.5, 0.6) is 11.8 Å². The van der Waals surface area contributed by atoms with E-state index in [1.807, 2.05) is 6.07 Å². The fraction of sp³-hybridized carbons (Fsp3) is 0. The van der Waals surface area contributed by atoms with Crippen LogP contribution >= 0.6 is 0 Å². The Morgan fingerprint density at radius 3 is 2.57 bits per heavy atom. The van der Waals surface area contributed by atoms with Crippen LogP contribution in [0.4, 0.5) is 10.1 Å². The first-order chi connectivity index (χ1) is 11.2. The molecule has 0 aliphatic rings. The fourth-order valence-electron chi connectivity index (χ4n) is 1.78. The molecule has 0 radical (unpaired) electrons. The van der Waals surface area contributed by atoms with Gasteiger partial charge in [0.15, 0.2) is 11.5 Å². The van der Waals surface area contributed by atoms with Crippen LogP contribution in [0.3, 0.4) is 0 Å². The summed E-state index contributed by atoms with van der Waals surface area (Å²) < 4.78 is 19.2. The van der Waals surface area contributed by atoms with Gasteiger partial charge in [-0.05, 0) is 24.3 Å². The van der Waals surface area contributed by atoms with E-state index in [0.717, 1.165) is 6.20 Å². The van der Waals surface area contributed by atoms with Crippen LogP contribution < -0.4 is 10.1 Å². The third-order valence-corrected chi connectivity index (χ3v) is 2.83. The van der Waals surface area contributed by atoms with Crippen molar-refractivity contribution in [2.45, 2.75) is 0 Å². The van der Waals surface area contributed by atoms with Gasteiger partial charge >= 0.3 is 6.01 Å². The second-order valence-corrected chi connectivity index (χ2v) is 4.45. The van der Waals surface area contributed by atoms with Crippen LogP contribution in [0.15, 0.2) is 61.1 Å². The van der Waals surface area contributed by atoms with Crippen LogP contribution in [-0.4, -0.2) is 20.9 Å². The summed E-state index contributed by atoms with van der Waals surface area (Å²) in [5.41, 5.74) is 0.0799. The number of aromatic nitrogens is 3. The van der Waals surface area contributed by atoms with Gasteiger partial charge in [-0.15, -0.1) is 0 Å². The van der Waals surface area contributed by atoms with Crippen molar-refractivity contribution in [2.75, 3.05) is 5.32 Å². The number of nitrogens with zero attached hydrogens (tertiary/aromatic N) is 3. The summed E-state index contributed by atoms with van der Waals surface area (Å²) in [5.74, 6) is -1.05. The first-order valence-electron chi connectivity index (χ1n) is 6.69. The molecule has 0 saturated heterocycles. The minimum Gasteiger partial charge on any atom is -0.424 e. The second-order valence-electron chi connectivity index (χ2n) is 4.45. The predicted octanol–water partition coefficient (Wildman–Crippen LogP) is 3.06. The molecule has 0 aliphatic heterocycles. The van der Waals surface area contributed by atoms with Crippen LogP contribution in [0.2, 0.25) is 0 Å². The van der Waals surface area contributed by atoms with E-state index in [2.05, 4.69) is 20.3 Å². The zero-order valence-electron chi connectivity index (χ0n) is 11.8. The highest BCUT2D eigenvalue weighted by molar-refractivity contribution is 6.02. The third-order valence-electron chi connectivity index (χ3n) is 2.83. The zero-order chi connectivity index (χ0) is 16.1. The number of para-hydroxylation sites is 1. The van der Waals surface area contributed by atoms with E-state index in [1.165, 1.54) is 12.4 Å². The lowest BCUT2D eigenvalue weighted by Gasteiger charge is -2.07. The Hall–Kier alpha value is -3.35. The number of nitrogens with one attached hydrogen (secondary N) is 1. The normalized spacial score (nSPS) is 10.1. The lowest BCUT2D eigenvalue weighted by molar-refractivity contribution is 0.101. The summed E-state index contributed by atoms with van der Waals surface area (Å²) in [4.78, 5) is 23.5. The predicted molar refractivity (Wildman–Crippen MR) is 80.7 cm³/mol. The fourth-order valence-corrected chi connectivity index (χ4v) is 1.78. The summed E-state index contributed by atoms with van der Waals surface area (Å²) in [6.07, 6.45) is 3.92. The quantitative estimate of drug-likeness (QED) is 0.801. The molecule has 0 unspecified atom stereocenters. The molecule has 0 fully saturated rings. The molecule has 0 aliphatic carbocycles. The minimum atomic E-state index is -0.836. The Bertz CT molecular complexity index is 813. The second kappa shape index (κ2) is 6.61. The van der Waals surface area contributed by atoms with Gasteiger partial charge < -0.3 is 10.1 Å². The molecule has 0 spiro atoms. The standard InChI is InChI=1S/C16H11FN4O2/c17-13-10-19-16(23-12-4-2-1-3-5-12)21-14(13)15(22)20-11-6-8-18-9-7-11/h1-10H,(H,18,20,22). The van der Waals surface area contributed by atoms with Crippen molar-refractivity contribution in [3.05, 3.63) is 72.6 Å². The zero-order valence-corrected chi connectivity index (χ0v) is 11.8. The minimum absolute atomic E-state index is 0.113. The van der Waals surface area contributed by atoms with E-state index in [-0.39, 0.29) is 6.01 Å². The van der Waals surface area contributed by atoms with Gasteiger partial charge in [0, 0.05) is 18.1 Å². The maximum absolute atomic E-state index is 13.8. The van der Waals surface area contributed by atoms with Crippen LogP contribution in [0.1, 0.15) is 10.5 Å². The number of pyridine rings is 1. The van der Waals surface area contributed by atoms with Gasteiger partial charge in [-0.3, -0.25) is 9.78 Å². The van der Waals surface area contributed by atoms with E-state index in [1.54, 1.807) is 36.4 Å². The van der Waals surface area contributed by atoms with Gasteiger partial charge in [0.2, 0.25) is 0 Å². The lowest BCUT2D eigenvalue weighted by Crippen LogP contribution is -2.16. The Kier molecular flexibility index (Phi) is 4.19. The summed E-state index contributed by atoms with van der Waals surface area (Å²) in [5, 5.41) is 2.53. The first-order valence-corrected chi connectivity index (χ1v) is 6.69. The summed E-state index contributed by atoms with van der Waals surface area (Å²) in [6, 6.07) is 11.8. The van der Waals surface area contributed by atoms with Gasteiger partial charge in [0.05, 0.1) is 6.20 Å². The summed E-state index contributed by atoms with van der Waals surface area (Å²) >= 11 is 0. The number of anilines is 1. The number of carbonyl (C=O) groups is 1. The van der Waals surface area contributed by atoms with E-state index >= 15 is 0 Å². The van der Waals surface area contributed by atoms with Gasteiger partial charge in [0.1, 0.15) is 5.75 Å². The number of hydrogen-bond donors (Lipinski definition) is 1. The summed E-state index contributed by atoms with van der Waals surface area (Å²) in [6.45, 7) is 0. The summed E-state index contributed by atoms with van der Waals surface area (Å²) in [7, 11) is 0. The molecule has 3 rings (SSSR count). The van der Waals surface area contributed by atoms with Crippen molar-refractivity contribution in [1.29, 1.82) is 0 Å². The molecule has 0 bridgehead atoms. The number of hydrogen-bond acceptors (Lipinski definition) is 5. The number of amides is 1.